The summed E-state index contributed by atoms with van der Waals surface area (Å²) in [4.78, 5) is 0. The molecule has 0 heterocycles. The first-order valence-electron chi connectivity index (χ1n) is 5.41. The monoisotopic (exact) mass is 289 g/mol. The number of nitrogens with one attached hydrogen (secondary N) is 1. The summed E-state index contributed by atoms with van der Waals surface area (Å²) in [6.07, 6.45) is 0. The molecule has 0 aliphatic carbocycles. The maximum atomic E-state index is 13.6. The SMILES string of the molecule is CCOCCNC(C)c1ccc(Br)cc1F. The van der Waals surface area contributed by atoms with E-state index < -0.39 is 0 Å². The van der Waals surface area contributed by atoms with Crippen molar-refractivity contribution in [3.8, 4) is 0 Å². The van der Waals surface area contributed by atoms with E-state index in [0.29, 0.717) is 18.8 Å². The fourth-order valence-corrected chi connectivity index (χ4v) is 1.79. The Hall–Kier alpha value is -0.450. The van der Waals surface area contributed by atoms with Crippen molar-refractivity contribution in [2.45, 2.75) is 19.9 Å². The molecule has 1 aromatic carbocycles. The van der Waals surface area contributed by atoms with Crippen molar-refractivity contribution >= 4 is 15.9 Å². The lowest BCUT2D eigenvalue weighted by atomic mass is 10.1. The van der Waals surface area contributed by atoms with E-state index in [4.69, 9.17) is 4.74 Å². The topological polar surface area (TPSA) is 21.3 Å². The molecule has 0 fully saturated rings. The lowest BCUT2D eigenvalue weighted by Gasteiger charge is -2.15. The minimum atomic E-state index is -0.189. The third kappa shape index (κ3) is 4.20. The Morgan fingerprint density at radius 2 is 2.25 bits per heavy atom. The van der Waals surface area contributed by atoms with Gasteiger partial charge in [0.05, 0.1) is 6.61 Å². The lowest BCUT2D eigenvalue weighted by molar-refractivity contribution is 0.147. The molecule has 90 valence electrons. The summed E-state index contributed by atoms with van der Waals surface area (Å²) in [5.74, 6) is -0.189. The van der Waals surface area contributed by atoms with E-state index in [0.717, 1.165) is 11.0 Å². The van der Waals surface area contributed by atoms with Crippen LogP contribution in [0.2, 0.25) is 0 Å². The van der Waals surface area contributed by atoms with Crippen LogP contribution in [0.4, 0.5) is 4.39 Å². The second-order valence-corrected chi connectivity index (χ2v) is 4.45. The molecule has 0 spiro atoms. The van der Waals surface area contributed by atoms with Crippen LogP contribution < -0.4 is 5.32 Å². The molecule has 1 atom stereocenters. The van der Waals surface area contributed by atoms with Crippen LogP contribution >= 0.6 is 15.9 Å². The molecule has 0 radical (unpaired) electrons. The van der Waals surface area contributed by atoms with Gasteiger partial charge < -0.3 is 10.1 Å². The molecular weight excluding hydrogens is 273 g/mol. The van der Waals surface area contributed by atoms with Crippen LogP contribution in [0.3, 0.4) is 0 Å². The normalized spacial score (nSPS) is 12.8. The zero-order valence-corrected chi connectivity index (χ0v) is 11.2. The molecule has 16 heavy (non-hydrogen) atoms. The van der Waals surface area contributed by atoms with Gasteiger partial charge in [0.2, 0.25) is 0 Å². The summed E-state index contributed by atoms with van der Waals surface area (Å²) in [5.41, 5.74) is 0.680. The number of ether oxygens (including phenoxy) is 1. The molecule has 2 nitrogen and oxygen atoms in total. The maximum absolute atomic E-state index is 13.6. The van der Waals surface area contributed by atoms with Gasteiger partial charge in [-0.05, 0) is 26.0 Å². The van der Waals surface area contributed by atoms with E-state index in [1.165, 1.54) is 6.07 Å². The highest BCUT2D eigenvalue weighted by Gasteiger charge is 2.09. The Bertz CT molecular complexity index is 333. The summed E-state index contributed by atoms with van der Waals surface area (Å²) >= 11 is 3.24. The minimum absolute atomic E-state index is 0.00597. The van der Waals surface area contributed by atoms with Crippen LogP contribution in [-0.2, 0) is 4.74 Å². The highest BCUT2D eigenvalue weighted by Crippen LogP contribution is 2.20. The molecule has 1 aromatic rings. The zero-order valence-electron chi connectivity index (χ0n) is 9.59. The van der Waals surface area contributed by atoms with Crippen LogP contribution in [0.5, 0.6) is 0 Å². The molecule has 0 aliphatic rings. The molecule has 0 saturated carbocycles. The molecule has 1 N–H and O–H groups in total. The van der Waals surface area contributed by atoms with Crippen LogP contribution in [0.15, 0.2) is 22.7 Å². The zero-order chi connectivity index (χ0) is 12.0. The molecule has 0 aliphatic heterocycles. The van der Waals surface area contributed by atoms with Gasteiger partial charge in [-0.3, -0.25) is 0 Å². The Kier molecular flexibility index (Phi) is 5.95. The predicted octanol–water partition coefficient (Wildman–Crippen LogP) is 3.28. The van der Waals surface area contributed by atoms with E-state index in [2.05, 4.69) is 21.2 Å². The number of benzene rings is 1. The highest BCUT2D eigenvalue weighted by atomic mass is 79.9. The fourth-order valence-electron chi connectivity index (χ4n) is 1.45. The maximum Gasteiger partial charge on any atom is 0.129 e. The minimum Gasteiger partial charge on any atom is -0.380 e. The van der Waals surface area contributed by atoms with Crippen molar-refractivity contribution in [2.75, 3.05) is 19.8 Å². The van der Waals surface area contributed by atoms with E-state index in [-0.39, 0.29) is 11.9 Å². The van der Waals surface area contributed by atoms with Gasteiger partial charge in [-0.25, -0.2) is 4.39 Å². The van der Waals surface area contributed by atoms with Gasteiger partial charge in [0, 0.05) is 29.2 Å². The van der Waals surface area contributed by atoms with Gasteiger partial charge in [0.1, 0.15) is 5.82 Å². The second kappa shape index (κ2) is 6.99. The van der Waals surface area contributed by atoms with Gasteiger partial charge in [-0.15, -0.1) is 0 Å². The smallest absolute Gasteiger partial charge is 0.129 e. The van der Waals surface area contributed by atoms with E-state index in [9.17, 15) is 4.39 Å². The second-order valence-electron chi connectivity index (χ2n) is 3.54. The third-order valence-electron chi connectivity index (χ3n) is 2.33. The summed E-state index contributed by atoms with van der Waals surface area (Å²) < 4.78 is 19.5. The quantitative estimate of drug-likeness (QED) is 0.812. The van der Waals surface area contributed by atoms with Crippen molar-refractivity contribution < 1.29 is 9.13 Å². The number of hydrogen-bond donors (Lipinski definition) is 1. The first kappa shape index (κ1) is 13.6. The molecular formula is C12H17BrFNO. The van der Waals surface area contributed by atoms with Crippen LogP contribution in [-0.4, -0.2) is 19.8 Å². The number of halogens is 2. The van der Waals surface area contributed by atoms with Crippen LogP contribution in [0.1, 0.15) is 25.5 Å². The number of rotatable bonds is 6. The first-order chi connectivity index (χ1) is 7.65. The van der Waals surface area contributed by atoms with Crippen molar-refractivity contribution in [1.82, 2.24) is 5.32 Å². The third-order valence-corrected chi connectivity index (χ3v) is 2.82. The van der Waals surface area contributed by atoms with Gasteiger partial charge in [-0.2, -0.15) is 0 Å². The fraction of sp³-hybridized carbons (Fsp3) is 0.500. The van der Waals surface area contributed by atoms with Crippen molar-refractivity contribution in [3.63, 3.8) is 0 Å². The Labute approximate surface area is 104 Å². The molecule has 0 saturated heterocycles. The van der Waals surface area contributed by atoms with Crippen molar-refractivity contribution in [1.29, 1.82) is 0 Å². The van der Waals surface area contributed by atoms with E-state index in [1.54, 1.807) is 6.07 Å². The largest absolute Gasteiger partial charge is 0.380 e. The average Bonchev–Trinajstić information content (AvgIpc) is 2.24. The van der Waals surface area contributed by atoms with Gasteiger partial charge in [0.25, 0.3) is 0 Å². The summed E-state index contributed by atoms with van der Waals surface area (Å²) in [6, 6.07) is 5.11. The average molecular weight is 290 g/mol. The molecule has 1 unspecified atom stereocenters. The Balaban J connectivity index is 2.49. The number of hydrogen-bond acceptors (Lipinski definition) is 2. The molecule has 1 rings (SSSR count). The van der Waals surface area contributed by atoms with Gasteiger partial charge >= 0.3 is 0 Å². The predicted molar refractivity (Wildman–Crippen MR) is 67.0 cm³/mol. The van der Waals surface area contributed by atoms with E-state index in [1.807, 2.05) is 19.9 Å². The van der Waals surface area contributed by atoms with Crippen molar-refractivity contribution in [2.24, 2.45) is 0 Å². The van der Waals surface area contributed by atoms with E-state index >= 15 is 0 Å². The van der Waals surface area contributed by atoms with Gasteiger partial charge in [-0.1, -0.05) is 22.0 Å². The van der Waals surface area contributed by atoms with Crippen LogP contribution in [0.25, 0.3) is 0 Å². The molecule has 4 heteroatoms. The molecule has 0 aromatic heterocycles. The summed E-state index contributed by atoms with van der Waals surface area (Å²) in [5, 5.41) is 3.21. The Morgan fingerprint density at radius 3 is 2.88 bits per heavy atom. The summed E-state index contributed by atoms with van der Waals surface area (Å²) in [7, 11) is 0. The summed E-state index contributed by atoms with van der Waals surface area (Å²) in [6.45, 7) is 5.99. The van der Waals surface area contributed by atoms with Crippen LogP contribution in [0, 0.1) is 5.82 Å². The lowest BCUT2D eigenvalue weighted by Crippen LogP contribution is -2.24. The highest BCUT2D eigenvalue weighted by molar-refractivity contribution is 9.10. The Morgan fingerprint density at radius 1 is 1.50 bits per heavy atom. The molecule has 0 bridgehead atoms. The molecule has 0 amide bonds. The van der Waals surface area contributed by atoms with Gasteiger partial charge in [0.15, 0.2) is 0 Å². The first-order valence-corrected chi connectivity index (χ1v) is 6.20. The standard InChI is InChI=1S/C12H17BrFNO/c1-3-16-7-6-15-9(2)11-5-4-10(13)8-12(11)14/h4-5,8-9,15H,3,6-7H2,1-2H3. The van der Waals surface area contributed by atoms with Crippen molar-refractivity contribution in [3.05, 3.63) is 34.1 Å².